The van der Waals surface area contributed by atoms with Gasteiger partial charge in [0.2, 0.25) is 0 Å². The number of β-amino-alcohol motifs (C(OH)–C–C–N with tert-alkyl or cyclic N) is 1. The number of aliphatic hydroxyl groups is 1. The van der Waals surface area contributed by atoms with Crippen molar-refractivity contribution in [2.24, 2.45) is 5.92 Å². The van der Waals surface area contributed by atoms with Gasteiger partial charge in [0, 0.05) is 18.7 Å². The van der Waals surface area contributed by atoms with Crippen LogP contribution in [0.15, 0.2) is 6.33 Å². The Morgan fingerprint density at radius 1 is 1.50 bits per heavy atom. The zero-order chi connectivity index (χ0) is 13.1. The molecule has 0 spiro atoms. The van der Waals surface area contributed by atoms with E-state index in [0.29, 0.717) is 17.6 Å². The van der Waals surface area contributed by atoms with Crippen molar-refractivity contribution in [1.82, 2.24) is 9.97 Å². The molecule has 0 amide bonds. The molecule has 18 heavy (non-hydrogen) atoms. The molecule has 1 fully saturated rings. The van der Waals surface area contributed by atoms with Crippen LogP contribution in [0.5, 0.6) is 0 Å². The quantitative estimate of drug-likeness (QED) is 0.856. The highest BCUT2D eigenvalue weighted by Crippen LogP contribution is 2.28. The summed E-state index contributed by atoms with van der Waals surface area (Å²) in [7, 11) is 0. The molecule has 1 saturated heterocycles. The molecule has 1 N–H and O–H groups in total. The second-order valence-electron chi connectivity index (χ2n) is 5.00. The van der Waals surface area contributed by atoms with Crippen LogP contribution >= 0.6 is 11.6 Å². The predicted octanol–water partition coefficient (Wildman–Crippen LogP) is 2.29. The fraction of sp³-hybridized carbons (Fsp3) is 0.692. The van der Waals surface area contributed by atoms with Crippen molar-refractivity contribution in [1.29, 1.82) is 0 Å². The number of halogens is 1. The first-order valence-corrected chi connectivity index (χ1v) is 6.93. The van der Waals surface area contributed by atoms with E-state index in [0.717, 1.165) is 37.2 Å². The number of rotatable bonds is 3. The second kappa shape index (κ2) is 5.85. The summed E-state index contributed by atoms with van der Waals surface area (Å²) < 4.78 is 0. The molecule has 1 aliphatic rings. The standard InChI is InChI=1S/C13H20ClN3O/c1-3-4-10-12(14)15-8-16-13(10)17-6-5-9(2)11(18)7-17/h8-9,11,18H,3-7H2,1-2H3. The van der Waals surface area contributed by atoms with Gasteiger partial charge in [-0.3, -0.25) is 0 Å². The Morgan fingerprint density at radius 2 is 2.28 bits per heavy atom. The molecule has 0 radical (unpaired) electrons. The summed E-state index contributed by atoms with van der Waals surface area (Å²) in [6, 6.07) is 0. The number of piperidine rings is 1. The number of aromatic nitrogens is 2. The van der Waals surface area contributed by atoms with Gasteiger partial charge >= 0.3 is 0 Å². The van der Waals surface area contributed by atoms with Gasteiger partial charge in [0.05, 0.1) is 6.10 Å². The van der Waals surface area contributed by atoms with Gasteiger partial charge < -0.3 is 10.0 Å². The monoisotopic (exact) mass is 269 g/mol. The van der Waals surface area contributed by atoms with Gasteiger partial charge in [-0.15, -0.1) is 0 Å². The molecular weight excluding hydrogens is 250 g/mol. The Hall–Kier alpha value is -0.870. The maximum absolute atomic E-state index is 9.98. The highest BCUT2D eigenvalue weighted by molar-refractivity contribution is 6.30. The Morgan fingerprint density at radius 3 is 2.94 bits per heavy atom. The van der Waals surface area contributed by atoms with Crippen molar-refractivity contribution < 1.29 is 5.11 Å². The van der Waals surface area contributed by atoms with E-state index in [-0.39, 0.29) is 6.10 Å². The molecule has 100 valence electrons. The molecule has 1 aromatic rings. The number of hydrogen-bond donors (Lipinski definition) is 1. The van der Waals surface area contributed by atoms with Gasteiger partial charge in [-0.2, -0.15) is 0 Å². The van der Waals surface area contributed by atoms with E-state index in [4.69, 9.17) is 11.6 Å². The van der Waals surface area contributed by atoms with Crippen LogP contribution in [0, 0.1) is 5.92 Å². The molecule has 0 bridgehead atoms. The number of aliphatic hydroxyl groups excluding tert-OH is 1. The minimum Gasteiger partial charge on any atom is -0.391 e. The molecule has 2 rings (SSSR count). The lowest BCUT2D eigenvalue weighted by atomic mass is 9.95. The molecule has 4 nitrogen and oxygen atoms in total. The normalized spacial score (nSPS) is 24.3. The SMILES string of the molecule is CCCc1c(Cl)ncnc1N1CCC(C)C(O)C1. The van der Waals surface area contributed by atoms with Crippen LogP contribution in [0.2, 0.25) is 5.15 Å². The predicted molar refractivity (Wildman–Crippen MR) is 73.0 cm³/mol. The fourth-order valence-corrected chi connectivity index (χ4v) is 2.58. The smallest absolute Gasteiger partial charge is 0.137 e. The third kappa shape index (κ3) is 2.75. The van der Waals surface area contributed by atoms with Crippen LogP contribution in [0.3, 0.4) is 0 Å². The van der Waals surface area contributed by atoms with E-state index in [9.17, 15) is 5.11 Å². The molecule has 1 aliphatic heterocycles. The summed E-state index contributed by atoms with van der Waals surface area (Å²) in [6.07, 6.45) is 4.07. The minimum absolute atomic E-state index is 0.290. The van der Waals surface area contributed by atoms with Crippen molar-refractivity contribution in [2.45, 2.75) is 39.2 Å². The fourth-order valence-electron chi connectivity index (χ4n) is 2.36. The second-order valence-corrected chi connectivity index (χ2v) is 5.35. The van der Waals surface area contributed by atoms with Crippen molar-refractivity contribution >= 4 is 17.4 Å². The van der Waals surface area contributed by atoms with Crippen LogP contribution in [0.4, 0.5) is 5.82 Å². The third-order valence-electron chi connectivity index (χ3n) is 3.59. The Kier molecular flexibility index (Phi) is 4.40. The van der Waals surface area contributed by atoms with Gasteiger partial charge in [-0.1, -0.05) is 31.9 Å². The summed E-state index contributed by atoms with van der Waals surface area (Å²) >= 11 is 6.15. The summed E-state index contributed by atoms with van der Waals surface area (Å²) in [5.74, 6) is 1.25. The third-order valence-corrected chi connectivity index (χ3v) is 3.91. The number of anilines is 1. The average Bonchev–Trinajstić information content (AvgIpc) is 2.35. The molecule has 1 aromatic heterocycles. The number of nitrogens with zero attached hydrogens (tertiary/aromatic N) is 3. The molecule has 0 saturated carbocycles. The molecule has 2 atom stereocenters. The van der Waals surface area contributed by atoms with E-state index in [1.54, 1.807) is 0 Å². The van der Waals surface area contributed by atoms with Gasteiger partial charge in [0.25, 0.3) is 0 Å². The first-order chi connectivity index (χ1) is 8.63. The van der Waals surface area contributed by atoms with Crippen LogP contribution in [0.25, 0.3) is 0 Å². The zero-order valence-electron chi connectivity index (χ0n) is 10.9. The Labute approximate surface area is 113 Å². The minimum atomic E-state index is -0.290. The highest BCUT2D eigenvalue weighted by Gasteiger charge is 2.26. The van der Waals surface area contributed by atoms with Crippen molar-refractivity contribution in [3.05, 3.63) is 17.0 Å². The molecule has 0 aromatic carbocycles. The summed E-state index contributed by atoms with van der Waals surface area (Å²) in [6.45, 7) is 5.75. The summed E-state index contributed by atoms with van der Waals surface area (Å²) in [5, 5.41) is 10.5. The Balaban J connectivity index is 2.25. The van der Waals surface area contributed by atoms with Gasteiger partial charge in [-0.05, 0) is 18.8 Å². The van der Waals surface area contributed by atoms with E-state index in [2.05, 4.69) is 28.7 Å². The van der Waals surface area contributed by atoms with Crippen molar-refractivity contribution in [3.8, 4) is 0 Å². The van der Waals surface area contributed by atoms with E-state index < -0.39 is 0 Å². The molecule has 2 heterocycles. The molecule has 0 aliphatic carbocycles. The van der Waals surface area contributed by atoms with E-state index in [1.807, 2.05) is 0 Å². The van der Waals surface area contributed by atoms with Crippen LogP contribution in [-0.2, 0) is 6.42 Å². The van der Waals surface area contributed by atoms with E-state index >= 15 is 0 Å². The maximum atomic E-state index is 9.98. The molecule has 2 unspecified atom stereocenters. The van der Waals surface area contributed by atoms with Crippen LogP contribution < -0.4 is 4.90 Å². The van der Waals surface area contributed by atoms with Gasteiger partial charge in [0.1, 0.15) is 17.3 Å². The number of hydrogen-bond acceptors (Lipinski definition) is 4. The average molecular weight is 270 g/mol. The van der Waals surface area contributed by atoms with Crippen LogP contribution in [-0.4, -0.2) is 34.3 Å². The first-order valence-electron chi connectivity index (χ1n) is 6.55. The topological polar surface area (TPSA) is 49.2 Å². The van der Waals surface area contributed by atoms with Crippen LogP contribution in [0.1, 0.15) is 32.3 Å². The lowest BCUT2D eigenvalue weighted by molar-refractivity contribution is 0.102. The summed E-state index contributed by atoms with van der Waals surface area (Å²) in [5.41, 5.74) is 1.00. The zero-order valence-corrected chi connectivity index (χ0v) is 11.7. The lowest BCUT2D eigenvalue weighted by Gasteiger charge is -2.35. The summed E-state index contributed by atoms with van der Waals surface area (Å²) in [4.78, 5) is 10.5. The Bertz CT molecular complexity index is 413. The van der Waals surface area contributed by atoms with Gasteiger partial charge in [-0.25, -0.2) is 9.97 Å². The van der Waals surface area contributed by atoms with Crippen molar-refractivity contribution in [3.63, 3.8) is 0 Å². The van der Waals surface area contributed by atoms with Crippen molar-refractivity contribution in [2.75, 3.05) is 18.0 Å². The van der Waals surface area contributed by atoms with Gasteiger partial charge in [0.15, 0.2) is 0 Å². The molecule has 5 heteroatoms. The highest BCUT2D eigenvalue weighted by atomic mass is 35.5. The van der Waals surface area contributed by atoms with E-state index in [1.165, 1.54) is 6.33 Å². The largest absolute Gasteiger partial charge is 0.391 e. The first kappa shape index (κ1) is 13.6. The molecular formula is C13H20ClN3O. The maximum Gasteiger partial charge on any atom is 0.137 e. The lowest BCUT2D eigenvalue weighted by Crippen LogP contribution is -2.43.